The fourth-order valence-corrected chi connectivity index (χ4v) is 5.30. The lowest BCUT2D eigenvalue weighted by Gasteiger charge is -2.26. The van der Waals surface area contributed by atoms with Gasteiger partial charge in [0.25, 0.3) is 0 Å². The zero-order valence-corrected chi connectivity index (χ0v) is 18.8. The van der Waals surface area contributed by atoms with Crippen LogP contribution >= 0.6 is 11.6 Å². The molecule has 0 bridgehead atoms. The lowest BCUT2D eigenvalue weighted by molar-refractivity contribution is 0.0475. The zero-order chi connectivity index (χ0) is 22.9. The van der Waals surface area contributed by atoms with E-state index in [-0.39, 0.29) is 34.4 Å². The molecule has 8 nitrogen and oxygen atoms in total. The molecular weight excluding hydrogens is 456 g/mol. The predicted molar refractivity (Wildman–Crippen MR) is 119 cm³/mol. The van der Waals surface area contributed by atoms with Crippen LogP contribution in [0.1, 0.15) is 26.4 Å². The van der Waals surface area contributed by atoms with Gasteiger partial charge in [-0.15, -0.1) is 0 Å². The second kappa shape index (κ2) is 9.03. The van der Waals surface area contributed by atoms with Gasteiger partial charge in [-0.05, 0) is 31.2 Å². The number of halogens is 1. The maximum atomic E-state index is 12.9. The fourth-order valence-electron chi connectivity index (χ4n) is 3.67. The number of fused-ring (bicyclic) bond motifs is 1. The van der Waals surface area contributed by atoms with E-state index in [4.69, 9.17) is 21.1 Å². The Morgan fingerprint density at radius 2 is 1.88 bits per heavy atom. The molecule has 1 fully saturated rings. The molecule has 0 amide bonds. The van der Waals surface area contributed by atoms with Crippen molar-refractivity contribution in [3.8, 4) is 0 Å². The maximum Gasteiger partial charge on any atom is 0.340 e. The first kappa shape index (κ1) is 22.5. The van der Waals surface area contributed by atoms with Gasteiger partial charge in [0.2, 0.25) is 15.8 Å². The van der Waals surface area contributed by atoms with Crippen LogP contribution < -0.4 is 0 Å². The zero-order valence-electron chi connectivity index (χ0n) is 17.3. The molecule has 2 heterocycles. The molecule has 1 aliphatic heterocycles. The summed E-state index contributed by atoms with van der Waals surface area (Å²) in [5.74, 6) is -1.25. The molecule has 0 spiro atoms. The van der Waals surface area contributed by atoms with Crippen molar-refractivity contribution in [2.75, 3.05) is 32.9 Å². The Morgan fingerprint density at radius 1 is 1.16 bits per heavy atom. The monoisotopic (exact) mass is 476 g/mol. The van der Waals surface area contributed by atoms with Crippen molar-refractivity contribution in [3.05, 3.63) is 64.3 Å². The molecule has 10 heteroatoms. The molecule has 32 heavy (non-hydrogen) atoms. The number of ether oxygens (including phenoxy) is 2. The Labute approximate surface area is 190 Å². The van der Waals surface area contributed by atoms with Crippen LogP contribution in [0.4, 0.5) is 0 Å². The summed E-state index contributed by atoms with van der Waals surface area (Å²) in [5, 5.41) is 0.773. The van der Waals surface area contributed by atoms with Gasteiger partial charge in [0.05, 0.1) is 28.7 Å². The van der Waals surface area contributed by atoms with Crippen LogP contribution in [-0.2, 0) is 19.5 Å². The highest BCUT2D eigenvalue weighted by Crippen LogP contribution is 2.25. The first-order chi connectivity index (χ1) is 15.3. The number of aromatic amines is 1. The minimum absolute atomic E-state index is 0.0339. The first-order valence-electron chi connectivity index (χ1n) is 9.94. The van der Waals surface area contributed by atoms with E-state index in [2.05, 4.69) is 4.98 Å². The van der Waals surface area contributed by atoms with E-state index in [1.807, 2.05) is 24.3 Å². The number of nitrogens with one attached hydrogen (secondary N) is 1. The van der Waals surface area contributed by atoms with E-state index in [1.54, 1.807) is 6.92 Å². The summed E-state index contributed by atoms with van der Waals surface area (Å²) in [5.41, 5.74) is 1.81. The number of ketones is 1. The largest absolute Gasteiger partial charge is 0.454 e. The van der Waals surface area contributed by atoms with Crippen molar-refractivity contribution >= 4 is 44.3 Å². The molecule has 0 radical (unpaired) electrons. The fraction of sp³-hybridized carbons (Fsp3) is 0.273. The van der Waals surface area contributed by atoms with Gasteiger partial charge in [-0.2, -0.15) is 4.31 Å². The average molecular weight is 477 g/mol. The second-order valence-corrected chi connectivity index (χ2v) is 9.67. The van der Waals surface area contributed by atoms with E-state index in [0.29, 0.717) is 24.5 Å². The van der Waals surface area contributed by atoms with Gasteiger partial charge < -0.3 is 14.5 Å². The first-order valence-corrected chi connectivity index (χ1v) is 11.8. The van der Waals surface area contributed by atoms with Crippen LogP contribution in [0.3, 0.4) is 0 Å². The number of benzene rings is 2. The lowest BCUT2D eigenvalue weighted by Crippen LogP contribution is -2.40. The summed E-state index contributed by atoms with van der Waals surface area (Å²) in [6.07, 6.45) is 0. The van der Waals surface area contributed by atoms with Crippen LogP contribution in [0.15, 0.2) is 47.4 Å². The molecular formula is C22H21ClN2O6S. The number of para-hydroxylation sites is 1. The molecule has 0 atom stereocenters. The van der Waals surface area contributed by atoms with Crippen LogP contribution in [0.2, 0.25) is 5.02 Å². The van der Waals surface area contributed by atoms with Crippen LogP contribution in [0, 0.1) is 6.92 Å². The maximum absolute atomic E-state index is 12.9. The Bertz CT molecular complexity index is 1290. The lowest BCUT2D eigenvalue weighted by atomic mass is 10.1. The highest BCUT2D eigenvalue weighted by molar-refractivity contribution is 7.89. The van der Waals surface area contributed by atoms with Gasteiger partial charge in [-0.25, -0.2) is 13.2 Å². The third-order valence-electron chi connectivity index (χ3n) is 5.27. The van der Waals surface area contributed by atoms with E-state index in [1.165, 1.54) is 22.5 Å². The van der Waals surface area contributed by atoms with E-state index in [9.17, 15) is 18.0 Å². The Hall–Kier alpha value is -2.72. The third kappa shape index (κ3) is 4.29. The number of carbonyl (C=O) groups is 2. The van der Waals surface area contributed by atoms with Gasteiger partial charge in [0, 0.05) is 35.2 Å². The Kier molecular flexibility index (Phi) is 6.34. The standard InChI is InChI=1S/C22H21ClN2O6S/c1-14-21(16-4-2-3-5-19(16)24-14)20(26)13-31-22(27)17-12-15(6-7-18(17)23)32(28,29)25-8-10-30-11-9-25/h2-7,12,24H,8-11,13H2,1H3. The number of aromatic nitrogens is 1. The highest BCUT2D eigenvalue weighted by Gasteiger charge is 2.28. The van der Waals surface area contributed by atoms with Gasteiger partial charge in [-0.1, -0.05) is 29.8 Å². The summed E-state index contributed by atoms with van der Waals surface area (Å²) >= 11 is 6.13. The molecule has 1 N–H and O–H groups in total. The molecule has 4 rings (SSSR count). The van der Waals surface area contributed by atoms with Crippen molar-refractivity contribution in [1.82, 2.24) is 9.29 Å². The van der Waals surface area contributed by atoms with Crippen LogP contribution in [0.5, 0.6) is 0 Å². The number of H-pyrrole nitrogens is 1. The third-order valence-corrected chi connectivity index (χ3v) is 7.50. The van der Waals surface area contributed by atoms with Crippen molar-refractivity contribution in [3.63, 3.8) is 0 Å². The molecule has 168 valence electrons. The number of Topliss-reactive ketones (excluding diaryl/α,β-unsaturated/α-hetero) is 1. The number of carbonyl (C=O) groups excluding carboxylic acids is 2. The van der Waals surface area contributed by atoms with Gasteiger partial charge in [-0.3, -0.25) is 4.79 Å². The van der Waals surface area contributed by atoms with Crippen LogP contribution in [0.25, 0.3) is 10.9 Å². The number of hydrogen-bond acceptors (Lipinski definition) is 6. The van der Waals surface area contributed by atoms with Gasteiger partial charge >= 0.3 is 5.97 Å². The number of esters is 1. The summed E-state index contributed by atoms with van der Waals surface area (Å²) < 4.78 is 37.4. The Balaban J connectivity index is 1.53. The number of nitrogens with zero attached hydrogens (tertiary/aromatic N) is 1. The number of sulfonamides is 1. The number of morpholine rings is 1. The number of rotatable bonds is 6. The van der Waals surface area contributed by atoms with E-state index in [0.717, 1.165) is 10.9 Å². The second-order valence-electron chi connectivity index (χ2n) is 7.33. The molecule has 1 aliphatic rings. The van der Waals surface area contributed by atoms with E-state index >= 15 is 0 Å². The van der Waals surface area contributed by atoms with E-state index < -0.39 is 22.6 Å². The molecule has 3 aromatic rings. The molecule has 2 aromatic carbocycles. The molecule has 0 unspecified atom stereocenters. The van der Waals surface area contributed by atoms with Crippen molar-refractivity contribution in [2.24, 2.45) is 0 Å². The number of hydrogen-bond donors (Lipinski definition) is 1. The topological polar surface area (TPSA) is 106 Å². The summed E-state index contributed by atoms with van der Waals surface area (Å²) in [6, 6.07) is 11.2. The molecule has 0 aliphatic carbocycles. The highest BCUT2D eigenvalue weighted by atomic mass is 35.5. The molecule has 1 saturated heterocycles. The molecule has 0 saturated carbocycles. The normalized spacial score (nSPS) is 15.1. The average Bonchev–Trinajstić information content (AvgIpc) is 3.13. The molecule has 1 aromatic heterocycles. The minimum Gasteiger partial charge on any atom is -0.454 e. The quantitative estimate of drug-likeness (QED) is 0.432. The van der Waals surface area contributed by atoms with Crippen LogP contribution in [-0.4, -0.2) is 62.4 Å². The Morgan fingerprint density at radius 3 is 2.62 bits per heavy atom. The summed E-state index contributed by atoms with van der Waals surface area (Å²) in [7, 11) is -3.82. The van der Waals surface area contributed by atoms with Crippen molar-refractivity contribution in [2.45, 2.75) is 11.8 Å². The van der Waals surface area contributed by atoms with Crippen molar-refractivity contribution in [1.29, 1.82) is 0 Å². The summed E-state index contributed by atoms with van der Waals surface area (Å²) in [4.78, 5) is 28.5. The van der Waals surface area contributed by atoms with Gasteiger partial charge in [0.15, 0.2) is 6.61 Å². The van der Waals surface area contributed by atoms with Gasteiger partial charge in [0.1, 0.15) is 0 Å². The summed E-state index contributed by atoms with van der Waals surface area (Å²) in [6.45, 7) is 2.32. The predicted octanol–water partition coefficient (Wildman–Crippen LogP) is 3.19. The smallest absolute Gasteiger partial charge is 0.340 e. The van der Waals surface area contributed by atoms with Crippen molar-refractivity contribution < 1.29 is 27.5 Å². The minimum atomic E-state index is -3.82. The number of aryl methyl sites for hydroxylation is 1. The SMILES string of the molecule is Cc1[nH]c2ccccc2c1C(=O)COC(=O)c1cc(S(=O)(=O)N2CCOCC2)ccc1Cl.